The first-order valence-electron chi connectivity index (χ1n) is 5.59. The molecule has 1 aromatic rings. The predicted molar refractivity (Wildman–Crippen MR) is 61.8 cm³/mol. The lowest BCUT2D eigenvalue weighted by Gasteiger charge is -2.19. The standard InChI is InChI=1S/C12H14O3S/c1-3-9-4-2-6-13-12(9)11(5-1)16-15-8-10-7-14-10/h1,3,5,10H,2,4,6-8H2. The van der Waals surface area contributed by atoms with Gasteiger partial charge in [-0.2, -0.15) is 0 Å². The number of epoxide rings is 1. The van der Waals surface area contributed by atoms with Crippen molar-refractivity contribution in [2.75, 3.05) is 19.8 Å². The van der Waals surface area contributed by atoms with Crippen molar-refractivity contribution < 1.29 is 13.7 Å². The third-order valence-corrected chi connectivity index (χ3v) is 3.46. The summed E-state index contributed by atoms with van der Waals surface area (Å²) in [6, 6.07) is 6.23. The van der Waals surface area contributed by atoms with Crippen LogP contribution >= 0.6 is 12.0 Å². The van der Waals surface area contributed by atoms with Crippen LogP contribution in [0.2, 0.25) is 0 Å². The molecule has 0 saturated carbocycles. The van der Waals surface area contributed by atoms with Crippen LogP contribution in [0.5, 0.6) is 5.75 Å². The van der Waals surface area contributed by atoms with Crippen LogP contribution in [0.15, 0.2) is 23.1 Å². The van der Waals surface area contributed by atoms with E-state index in [4.69, 9.17) is 13.7 Å². The van der Waals surface area contributed by atoms with E-state index in [9.17, 15) is 0 Å². The Labute approximate surface area is 99.3 Å². The number of rotatable bonds is 4. The Kier molecular flexibility index (Phi) is 3.04. The molecule has 3 rings (SSSR count). The largest absolute Gasteiger partial charge is 0.492 e. The van der Waals surface area contributed by atoms with Gasteiger partial charge in [-0.25, -0.2) is 0 Å². The Balaban J connectivity index is 1.67. The zero-order valence-corrected chi connectivity index (χ0v) is 9.79. The van der Waals surface area contributed by atoms with Gasteiger partial charge in [0.15, 0.2) is 0 Å². The molecule has 1 aromatic carbocycles. The van der Waals surface area contributed by atoms with Gasteiger partial charge in [-0.1, -0.05) is 12.1 Å². The second kappa shape index (κ2) is 4.65. The molecule has 2 aliphatic heterocycles. The van der Waals surface area contributed by atoms with Crippen molar-refractivity contribution >= 4 is 12.0 Å². The van der Waals surface area contributed by atoms with E-state index in [-0.39, 0.29) is 0 Å². The van der Waals surface area contributed by atoms with Gasteiger partial charge in [0.1, 0.15) is 11.9 Å². The van der Waals surface area contributed by atoms with Crippen molar-refractivity contribution in [2.24, 2.45) is 0 Å². The molecule has 0 N–H and O–H groups in total. The molecule has 0 amide bonds. The summed E-state index contributed by atoms with van der Waals surface area (Å²) >= 11 is 1.40. The molecule has 16 heavy (non-hydrogen) atoms. The molecular weight excluding hydrogens is 224 g/mol. The number of hydrogen-bond acceptors (Lipinski definition) is 4. The van der Waals surface area contributed by atoms with Crippen molar-refractivity contribution in [1.29, 1.82) is 0 Å². The molecule has 86 valence electrons. The van der Waals surface area contributed by atoms with Gasteiger partial charge in [0.2, 0.25) is 0 Å². The third-order valence-electron chi connectivity index (χ3n) is 2.70. The van der Waals surface area contributed by atoms with E-state index in [1.165, 1.54) is 17.6 Å². The van der Waals surface area contributed by atoms with E-state index in [2.05, 4.69) is 12.1 Å². The van der Waals surface area contributed by atoms with E-state index in [1.807, 2.05) is 6.07 Å². The maximum Gasteiger partial charge on any atom is 0.138 e. The molecular formula is C12H14O3S. The minimum atomic E-state index is 0.313. The zero-order chi connectivity index (χ0) is 10.8. The molecule has 4 heteroatoms. The maximum absolute atomic E-state index is 5.70. The predicted octanol–water partition coefficient (Wildman–Crippen LogP) is 2.43. The van der Waals surface area contributed by atoms with Crippen LogP contribution < -0.4 is 4.74 Å². The first-order chi connectivity index (χ1) is 7.93. The summed E-state index contributed by atoms with van der Waals surface area (Å²) in [5.74, 6) is 1.01. The van der Waals surface area contributed by atoms with Gasteiger partial charge in [-0.05, 0) is 24.5 Å². The summed E-state index contributed by atoms with van der Waals surface area (Å²) in [4.78, 5) is 1.08. The number of benzene rings is 1. The Morgan fingerprint density at radius 1 is 1.44 bits per heavy atom. The summed E-state index contributed by atoms with van der Waals surface area (Å²) in [5.41, 5.74) is 1.29. The first-order valence-corrected chi connectivity index (χ1v) is 6.33. The van der Waals surface area contributed by atoms with E-state index < -0.39 is 0 Å². The molecule has 1 saturated heterocycles. The zero-order valence-electron chi connectivity index (χ0n) is 8.98. The van der Waals surface area contributed by atoms with Crippen LogP contribution in [0, 0.1) is 0 Å². The first kappa shape index (κ1) is 10.4. The highest BCUT2D eigenvalue weighted by Crippen LogP contribution is 2.36. The quantitative estimate of drug-likeness (QED) is 0.595. The lowest BCUT2D eigenvalue weighted by molar-refractivity contribution is 0.276. The normalized spacial score (nSPS) is 22.4. The number of aryl methyl sites for hydroxylation is 1. The van der Waals surface area contributed by atoms with Crippen molar-refractivity contribution in [2.45, 2.75) is 23.8 Å². The fourth-order valence-electron chi connectivity index (χ4n) is 1.76. The van der Waals surface area contributed by atoms with Gasteiger partial charge >= 0.3 is 0 Å². The number of para-hydroxylation sites is 1. The van der Waals surface area contributed by atoms with Crippen LogP contribution in [-0.4, -0.2) is 25.9 Å². The average molecular weight is 238 g/mol. The van der Waals surface area contributed by atoms with Crippen LogP contribution in [0.3, 0.4) is 0 Å². The van der Waals surface area contributed by atoms with Gasteiger partial charge < -0.3 is 13.7 Å². The number of fused-ring (bicyclic) bond motifs is 1. The summed E-state index contributed by atoms with van der Waals surface area (Å²) in [6.45, 7) is 2.31. The Morgan fingerprint density at radius 2 is 2.38 bits per heavy atom. The Hall–Kier alpha value is -0.710. The summed E-state index contributed by atoms with van der Waals surface area (Å²) in [7, 11) is 0. The van der Waals surface area contributed by atoms with Crippen molar-refractivity contribution in [3.05, 3.63) is 23.8 Å². The highest BCUT2D eigenvalue weighted by Gasteiger charge is 2.23. The van der Waals surface area contributed by atoms with Crippen LogP contribution in [0.1, 0.15) is 12.0 Å². The van der Waals surface area contributed by atoms with Crippen molar-refractivity contribution in [1.82, 2.24) is 0 Å². The molecule has 1 unspecified atom stereocenters. The minimum absolute atomic E-state index is 0.313. The van der Waals surface area contributed by atoms with Gasteiger partial charge in [0.25, 0.3) is 0 Å². The topological polar surface area (TPSA) is 31.0 Å². The van der Waals surface area contributed by atoms with E-state index >= 15 is 0 Å². The molecule has 0 bridgehead atoms. The van der Waals surface area contributed by atoms with Gasteiger partial charge in [-0.3, -0.25) is 0 Å². The highest BCUT2D eigenvalue weighted by molar-refractivity contribution is 7.94. The van der Waals surface area contributed by atoms with E-state index in [0.717, 1.165) is 36.7 Å². The van der Waals surface area contributed by atoms with Crippen LogP contribution in [-0.2, 0) is 15.3 Å². The molecule has 2 aliphatic rings. The maximum atomic E-state index is 5.70. The second-order valence-corrected chi connectivity index (χ2v) is 4.86. The van der Waals surface area contributed by atoms with Crippen LogP contribution in [0.25, 0.3) is 0 Å². The Morgan fingerprint density at radius 3 is 3.25 bits per heavy atom. The van der Waals surface area contributed by atoms with Gasteiger partial charge in [0.05, 0.1) is 24.7 Å². The Bertz CT molecular complexity index is 377. The molecule has 0 aliphatic carbocycles. The fourth-order valence-corrected chi connectivity index (χ4v) is 2.51. The smallest absolute Gasteiger partial charge is 0.138 e. The lowest BCUT2D eigenvalue weighted by Crippen LogP contribution is -2.09. The molecule has 2 heterocycles. The fraction of sp³-hybridized carbons (Fsp3) is 0.500. The van der Waals surface area contributed by atoms with Crippen molar-refractivity contribution in [3.8, 4) is 5.75 Å². The van der Waals surface area contributed by atoms with Crippen molar-refractivity contribution in [3.63, 3.8) is 0 Å². The molecule has 0 spiro atoms. The minimum Gasteiger partial charge on any atom is -0.492 e. The highest BCUT2D eigenvalue weighted by atomic mass is 32.2. The van der Waals surface area contributed by atoms with Crippen LogP contribution in [0.4, 0.5) is 0 Å². The SMILES string of the molecule is c1cc2c(c(SOCC3CO3)c1)OCCC2. The summed E-state index contributed by atoms with van der Waals surface area (Å²) in [5, 5.41) is 0. The molecule has 0 radical (unpaired) electrons. The molecule has 0 aromatic heterocycles. The van der Waals surface area contributed by atoms with E-state index in [1.54, 1.807) is 0 Å². The average Bonchev–Trinajstić information content (AvgIpc) is 3.13. The second-order valence-electron chi connectivity index (χ2n) is 4.02. The number of hydrogen-bond donors (Lipinski definition) is 0. The third kappa shape index (κ3) is 2.34. The lowest BCUT2D eigenvalue weighted by atomic mass is 10.1. The monoisotopic (exact) mass is 238 g/mol. The molecule has 1 fully saturated rings. The summed E-state index contributed by atoms with van der Waals surface area (Å²) in [6.07, 6.45) is 2.53. The van der Waals surface area contributed by atoms with Gasteiger partial charge in [-0.15, -0.1) is 0 Å². The molecule has 1 atom stereocenters. The summed E-state index contributed by atoms with van der Waals surface area (Å²) < 4.78 is 16.3. The van der Waals surface area contributed by atoms with E-state index in [0.29, 0.717) is 12.7 Å². The molecule has 3 nitrogen and oxygen atoms in total. The van der Waals surface area contributed by atoms with Gasteiger partial charge in [0, 0.05) is 12.0 Å². The number of ether oxygens (including phenoxy) is 2.